The van der Waals surface area contributed by atoms with Crippen molar-refractivity contribution in [3.8, 4) is 5.75 Å². The van der Waals surface area contributed by atoms with Crippen molar-refractivity contribution in [3.63, 3.8) is 0 Å². The quantitative estimate of drug-likeness (QED) is 0.590. The van der Waals surface area contributed by atoms with Crippen molar-refractivity contribution in [2.24, 2.45) is 0 Å². The molecule has 0 amide bonds. The zero-order chi connectivity index (χ0) is 13.1. The van der Waals surface area contributed by atoms with E-state index in [0.29, 0.717) is 8.95 Å². The first kappa shape index (κ1) is 13.8. The zero-order valence-corrected chi connectivity index (χ0v) is 14.0. The molecule has 1 N–H and O–H groups in total. The molecule has 0 bridgehead atoms. The number of aromatic hydroxyl groups is 1. The number of benzene rings is 2. The van der Waals surface area contributed by atoms with Crippen LogP contribution in [-0.2, 0) is 0 Å². The third-order valence-electron chi connectivity index (χ3n) is 2.36. The molecule has 0 spiro atoms. The highest BCUT2D eigenvalue weighted by Crippen LogP contribution is 2.33. The highest BCUT2D eigenvalue weighted by atomic mass is 79.9. The van der Waals surface area contributed by atoms with Crippen LogP contribution in [0.25, 0.3) is 12.2 Å². The Morgan fingerprint density at radius 1 is 0.833 bits per heavy atom. The molecule has 92 valence electrons. The Bertz CT molecular complexity index is 583. The van der Waals surface area contributed by atoms with E-state index < -0.39 is 0 Å². The Hall–Kier alpha value is -0.580. The highest BCUT2D eigenvalue weighted by Gasteiger charge is 2.03. The van der Waals surface area contributed by atoms with Crippen molar-refractivity contribution in [1.82, 2.24) is 0 Å². The Balaban J connectivity index is 2.29. The second kappa shape index (κ2) is 6.04. The summed E-state index contributed by atoms with van der Waals surface area (Å²) in [5.74, 6) is 0.217. The Kier molecular flexibility index (Phi) is 4.65. The zero-order valence-electron chi connectivity index (χ0n) is 9.20. The topological polar surface area (TPSA) is 20.2 Å². The minimum atomic E-state index is 0.217. The van der Waals surface area contributed by atoms with Crippen molar-refractivity contribution in [2.45, 2.75) is 0 Å². The highest BCUT2D eigenvalue weighted by molar-refractivity contribution is 9.11. The standard InChI is InChI=1S/C14H9Br3O/c15-11-3-1-2-9(6-11)4-5-10-7-12(16)14(18)13(17)8-10/h1-8,18H/b5-4+. The summed E-state index contributed by atoms with van der Waals surface area (Å²) in [7, 11) is 0. The summed E-state index contributed by atoms with van der Waals surface area (Å²) >= 11 is 10.1. The fourth-order valence-electron chi connectivity index (χ4n) is 1.48. The lowest BCUT2D eigenvalue weighted by atomic mass is 10.1. The molecule has 2 aromatic rings. The lowest BCUT2D eigenvalue weighted by molar-refractivity contribution is 0.468. The van der Waals surface area contributed by atoms with Crippen molar-refractivity contribution >= 4 is 59.9 Å². The van der Waals surface area contributed by atoms with E-state index >= 15 is 0 Å². The van der Waals surface area contributed by atoms with Gasteiger partial charge in [-0.1, -0.05) is 40.2 Å². The van der Waals surface area contributed by atoms with Crippen LogP contribution in [0.15, 0.2) is 49.8 Å². The first-order valence-electron chi connectivity index (χ1n) is 5.18. The molecule has 0 aliphatic heterocycles. The van der Waals surface area contributed by atoms with Crippen LogP contribution in [0, 0.1) is 0 Å². The van der Waals surface area contributed by atoms with Gasteiger partial charge in [0.2, 0.25) is 0 Å². The van der Waals surface area contributed by atoms with Crippen LogP contribution in [0.4, 0.5) is 0 Å². The summed E-state index contributed by atoms with van der Waals surface area (Å²) in [4.78, 5) is 0. The van der Waals surface area contributed by atoms with Gasteiger partial charge in [0.05, 0.1) is 8.95 Å². The summed E-state index contributed by atoms with van der Waals surface area (Å²) < 4.78 is 2.40. The Labute approximate surface area is 131 Å². The summed E-state index contributed by atoms with van der Waals surface area (Å²) in [6.07, 6.45) is 4.02. The molecule has 2 rings (SSSR count). The van der Waals surface area contributed by atoms with Crippen LogP contribution in [0.3, 0.4) is 0 Å². The Morgan fingerprint density at radius 2 is 1.44 bits per heavy atom. The molecule has 0 saturated carbocycles. The second-order valence-electron chi connectivity index (χ2n) is 3.72. The van der Waals surface area contributed by atoms with Crippen molar-refractivity contribution < 1.29 is 5.11 Å². The first-order chi connectivity index (χ1) is 8.56. The van der Waals surface area contributed by atoms with Gasteiger partial charge in [-0.25, -0.2) is 0 Å². The molecule has 4 heteroatoms. The predicted molar refractivity (Wildman–Crippen MR) is 86.6 cm³/mol. The van der Waals surface area contributed by atoms with Gasteiger partial charge in [0.25, 0.3) is 0 Å². The normalized spacial score (nSPS) is 11.1. The molecule has 0 atom stereocenters. The number of rotatable bonds is 2. The maximum absolute atomic E-state index is 9.63. The first-order valence-corrected chi connectivity index (χ1v) is 7.56. The van der Waals surface area contributed by atoms with Gasteiger partial charge in [0.1, 0.15) is 5.75 Å². The van der Waals surface area contributed by atoms with E-state index in [2.05, 4.69) is 47.8 Å². The van der Waals surface area contributed by atoms with E-state index in [9.17, 15) is 5.11 Å². The number of hydrogen-bond donors (Lipinski definition) is 1. The predicted octanol–water partition coefficient (Wildman–Crippen LogP) is 5.85. The molecule has 18 heavy (non-hydrogen) atoms. The summed E-state index contributed by atoms with van der Waals surface area (Å²) in [5.41, 5.74) is 2.12. The molecular formula is C14H9Br3O. The molecular weight excluding hydrogens is 424 g/mol. The van der Waals surface area contributed by atoms with Crippen molar-refractivity contribution in [2.75, 3.05) is 0 Å². The smallest absolute Gasteiger partial charge is 0.143 e. The van der Waals surface area contributed by atoms with E-state index in [1.54, 1.807) is 0 Å². The number of phenolic OH excluding ortho intramolecular Hbond substituents is 1. The maximum Gasteiger partial charge on any atom is 0.143 e. The summed E-state index contributed by atoms with van der Waals surface area (Å²) in [6, 6.07) is 11.8. The van der Waals surface area contributed by atoms with Crippen LogP contribution in [0.5, 0.6) is 5.75 Å². The fraction of sp³-hybridized carbons (Fsp3) is 0. The van der Waals surface area contributed by atoms with Crippen LogP contribution in [0.1, 0.15) is 11.1 Å². The molecule has 0 aliphatic carbocycles. The van der Waals surface area contributed by atoms with Gasteiger partial charge in [0.15, 0.2) is 0 Å². The SMILES string of the molecule is Oc1c(Br)cc(/C=C/c2cccc(Br)c2)cc1Br. The third-order valence-corrected chi connectivity index (χ3v) is 4.06. The van der Waals surface area contributed by atoms with Crippen LogP contribution < -0.4 is 0 Å². The molecule has 0 fully saturated rings. The maximum atomic E-state index is 9.63. The van der Waals surface area contributed by atoms with Gasteiger partial charge in [0, 0.05) is 4.47 Å². The van der Waals surface area contributed by atoms with Gasteiger partial charge in [-0.15, -0.1) is 0 Å². The van der Waals surface area contributed by atoms with Gasteiger partial charge in [-0.3, -0.25) is 0 Å². The number of phenols is 1. The van der Waals surface area contributed by atoms with E-state index in [1.165, 1.54) is 0 Å². The Morgan fingerprint density at radius 3 is 2.06 bits per heavy atom. The average Bonchev–Trinajstić information content (AvgIpc) is 2.33. The average molecular weight is 433 g/mol. The minimum absolute atomic E-state index is 0.217. The van der Waals surface area contributed by atoms with Crippen molar-refractivity contribution in [1.29, 1.82) is 0 Å². The van der Waals surface area contributed by atoms with Gasteiger partial charge >= 0.3 is 0 Å². The molecule has 0 heterocycles. The lowest BCUT2D eigenvalue weighted by Crippen LogP contribution is -1.77. The molecule has 1 nitrogen and oxygen atoms in total. The molecule has 0 radical (unpaired) electrons. The number of halogens is 3. The fourth-order valence-corrected chi connectivity index (χ4v) is 3.12. The largest absolute Gasteiger partial charge is 0.506 e. The lowest BCUT2D eigenvalue weighted by Gasteiger charge is -2.02. The molecule has 0 aliphatic rings. The van der Waals surface area contributed by atoms with E-state index in [0.717, 1.165) is 15.6 Å². The van der Waals surface area contributed by atoms with E-state index in [4.69, 9.17) is 0 Å². The minimum Gasteiger partial charge on any atom is -0.506 e. The monoisotopic (exact) mass is 430 g/mol. The third kappa shape index (κ3) is 3.46. The number of hydrogen-bond acceptors (Lipinski definition) is 1. The second-order valence-corrected chi connectivity index (χ2v) is 6.35. The van der Waals surface area contributed by atoms with Crippen LogP contribution in [-0.4, -0.2) is 5.11 Å². The van der Waals surface area contributed by atoms with Crippen LogP contribution >= 0.6 is 47.8 Å². The summed E-state index contributed by atoms with van der Waals surface area (Å²) in [5, 5.41) is 9.63. The molecule has 0 aromatic heterocycles. The van der Waals surface area contributed by atoms with Crippen molar-refractivity contribution in [3.05, 3.63) is 60.9 Å². The molecule has 0 unspecified atom stereocenters. The van der Waals surface area contributed by atoms with E-state index in [1.807, 2.05) is 48.6 Å². The van der Waals surface area contributed by atoms with Gasteiger partial charge < -0.3 is 5.11 Å². The van der Waals surface area contributed by atoms with Gasteiger partial charge in [-0.05, 0) is 67.3 Å². The molecule has 0 saturated heterocycles. The van der Waals surface area contributed by atoms with Gasteiger partial charge in [-0.2, -0.15) is 0 Å². The van der Waals surface area contributed by atoms with Crippen LogP contribution in [0.2, 0.25) is 0 Å². The van der Waals surface area contributed by atoms with E-state index in [-0.39, 0.29) is 5.75 Å². The summed E-state index contributed by atoms with van der Waals surface area (Å²) in [6.45, 7) is 0. The molecule has 2 aromatic carbocycles.